The van der Waals surface area contributed by atoms with Crippen LogP contribution in [0, 0.1) is 5.41 Å². The minimum absolute atomic E-state index is 0.167. The van der Waals surface area contributed by atoms with Crippen LogP contribution in [-0.2, 0) is 0 Å². The van der Waals surface area contributed by atoms with E-state index in [1.54, 1.807) is 0 Å². The molecule has 0 saturated heterocycles. The van der Waals surface area contributed by atoms with E-state index >= 15 is 0 Å². The summed E-state index contributed by atoms with van der Waals surface area (Å²) in [5, 5.41) is 0. The fourth-order valence-corrected chi connectivity index (χ4v) is 3.09. The number of nitrogens with two attached hydrogens (primary N) is 1. The van der Waals surface area contributed by atoms with Crippen LogP contribution in [0.1, 0.15) is 91.4 Å². The van der Waals surface area contributed by atoms with E-state index in [0.29, 0.717) is 5.41 Å². The van der Waals surface area contributed by atoms with Gasteiger partial charge >= 0.3 is 0 Å². The highest BCUT2D eigenvalue weighted by atomic mass is 14.7. The van der Waals surface area contributed by atoms with Crippen molar-refractivity contribution in [1.82, 2.24) is 0 Å². The van der Waals surface area contributed by atoms with Gasteiger partial charge in [0.25, 0.3) is 0 Å². The summed E-state index contributed by atoms with van der Waals surface area (Å²) in [5.74, 6) is 0. The monoisotopic (exact) mass is 239 g/mol. The van der Waals surface area contributed by atoms with Crippen molar-refractivity contribution < 1.29 is 0 Å². The number of rotatable bonds is 6. The molecule has 102 valence electrons. The van der Waals surface area contributed by atoms with Gasteiger partial charge in [0.15, 0.2) is 0 Å². The molecule has 1 fully saturated rings. The zero-order valence-electron chi connectivity index (χ0n) is 12.4. The lowest BCUT2D eigenvalue weighted by Crippen LogP contribution is -2.39. The summed E-state index contributed by atoms with van der Waals surface area (Å²) in [6.07, 6.45) is 14.6. The largest absolute Gasteiger partial charge is 0.325 e. The smallest absolute Gasteiger partial charge is 0.0154 e. The standard InChI is InChI=1S/C16H33N/c1-4-5-6-7-8-11-16(17)12-9-10-15(2,3)13-14-16/h4-14,17H2,1-3H3. The second kappa shape index (κ2) is 6.78. The van der Waals surface area contributed by atoms with Crippen molar-refractivity contribution in [3.05, 3.63) is 0 Å². The first-order valence-electron chi connectivity index (χ1n) is 7.76. The van der Waals surface area contributed by atoms with E-state index in [9.17, 15) is 0 Å². The molecule has 1 aliphatic rings. The van der Waals surface area contributed by atoms with Crippen molar-refractivity contribution in [1.29, 1.82) is 0 Å². The van der Waals surface area contributed by atoms with Crippen LogP contribution in [-0.4, -0.2) is 5.54 Å². The third-order valence-electron chi connectivity index (χ3n) is 4.61. The van der Waals surface area contributed by atoms with Crippen LogP contribution >= 0.6 is 0 Å². The van der Waals surface area contributed by atoms with Crippen molar-refractivity contribution >= 4 is 0 Å². The molecule has 17 heavy (non-hydrogen) atoms. The fraction of sp³-hybridized carbons (Fsp3) is 1.00. The van der Waals surface area contributed by atoms with Gasteiger partial charge < -0.3 is 5.73 Å². The van der Waals surface area contributed by atoms with E-state index in [0.717, 1.165) is 0 Å². The molecule has 1 aliphatic carbocycles. The molecule has 0 heterocycles. The van der Waals surface area contributed by atoms with Crippen LogP contribution in [0.4, 0.5) is 0 Å². The summed E-state index contributed by atoms with van der Waals surface area (Å²) in [6.45, 7) is 7.08. The highest BCUT2D eigenvalue weighted by Gasteiger charge is 2.31. The molecule has 0 radical (unpaired) electrons. The molecule has 0 bridgehead atoms. The van der Waals surface area contributed by atoms with Gasteiger partial charge in [-0.2, -0.15) is 0 Å². The van der Waals surface area contributed by atoms with E-state index in [4.69, 9.17) is 5.73 Å². The SMILES string of the molecule is CCCCCCCC1(N)CCCC(C)(C)CC1. The zero-order chi connectivity index (χ0) is 12.8. The van der Waals surface area contributed by atoms with Crippen molar-refractivity contribution in [2.24, 2.45) is 11.1 Å². The quantitative estimate of drug-likeness (QED) is 0.510. The Morgan fingerprint density at radius 3 is 2.29 bits per heavy atom. The highest BCUT2D eigenvalue weighted by molar-refractivity contribution is 4.89. The molecule has 1 heteroatoms. The van der Waals surface area contributed by atoms with Gasteiger partial charge in [0.1, 0.15) is 0 Å². The van der Waals surface area contributed by atoms with Gasteiger partial charge in [-0.25, -0.2) is 0 Å². The number of hydrogen-bond donors (Lipinski definition) is 1. The highest BCUT2D eigenvalue weighted by Crippen LogP contribution is 2.38. The van der Waals surface area contributed by atoms with Crippen LogP contribution in [0.15, 0.2) is 0 Å². The maximum Gasteiger partial charge on any atom is 0.0154 e. The van der Waals surface area contributed by atoms with Crippen molar-refractivity contribution in [3.63, 3.8) is 0 Å². The summed E-state index contributed by atoms with van der Waals surface area (Å²) < 4.78 is 0. The molecule has 0 spiro atoms. The van der Waals surface area contributed by atoms with Crippen molar-refractivity contribution in [2.75, 3.05) is 0 Å². The molecule has 1 atom stereocenters. The normalized spacial score (nSPS) is 28.9. The van der Waals surface area contributed by atoms with Gasteiger partial charge in [-0.15, -0.1) is 0 Å². The van der Waals surface area contributed by atoms with Crippen molar-refractivity contribution in [3.8, 4) is 0 Å². The second-order valence-electron chi connectivity index (χ2n) is 7.04. The summed E-state index contributed by atoms with van der Waals surface area (Å²) >= 11 is 0. The van der Waals surface area contributed by atoms with Crippen LogP contribution in [0.2, 0.25) is 0 Å². The van der Waals surface area contributed by atoms with E-state index in [-0.39, 0.29) is 5.54 Å². The first kappa shape index (κ1) is 15.0. The van der Waals surface area contributed by atoms with Gasteiger partial charge in [0.05, 0.1) is 0 Å². The summed E-state index contributed by atoms with van der Waals surface area (Å²) in [4.78, 5) is 0. The third-order valence-corrected chi connectivity index (χ3v) is 4.61. The Morgan fingerprint density at radius 1 is 0.882 bits per heavy atom. The van der Waals surface area contributed by atoms with E-state index in [1.165, 1.54) is 70.6 Å². The second-order valence-corrected chi connectivity index (χ2v) is 7.04. The molecule has 1 saturated carbocycles. The summed E-state index contributed by atoms with van der Waals surface area (Å²) in [6, 6.07) is 0. The van der Waals surface area contributed by atoms with E-state index in [1.807, 2.05) is 0 Å². The van der Waals surface area contributed by atoms with Crippen LogP contribution in [0.3, 0.4) is 0 Å². The van der Waals surface area contributed by atoms with Gasteiger partial charge in [0.2, 0.25) is 0 Å². The first-order valence-corrected chi connectivity index (χ1v) is 7.76. The lowest BCUT2D eigenvalue weighted by Gasteiger charge is -2.29. The molecule has 0 amide bonds. The topological polar surface area (TPSA) is 26.0 Å². The Bertz CT molecular complexity index is 210. The predicted molar refractivity (Wildman–Crippen MR) is 77.2 cm³/mol. The molecule has 0 aromatic carbocycles. The van der Waals surface area contributed by atoms with Crippen LogP contribution < -0.4 is 5.73 Å². The minimum atomic E-state index is 0.167. The van der Waals surface area contributed by atoms with Gasteiger partial charge in [-0.3, -0.25) is 0 Å². The molecule has 0 aromatic rings. The lowest BCUT2D eigenvalue weighted by atomic mass is 9.82. The molecule has 1 rings (SSSR count). The number of hydrogen-bond acceptors (Lipinski definition) is 1. The van der Waals surface area contributed by atoms with Gasteiger partial charge in [0, 0.05) is 5.54 Å². The van der Waals surface area contributed by atoms with Crippen molar-refractivity contribution in [2.45, 2.75) is 96.9 Å². The maximum atomic E-state index is 6.59. The third kappa shape index (κ3) is 5.90. The Labute approximate surface area is 109 Å². The molecular weight excluding hydrogens is 206 g/mol. The molecule has 0 aliphatic heterocycles. The number of unbranched alkanes of at least 4 members (excludes halogenated alkanes) is 4. The molecule has 1 unspecified atom stereocenters. The van der Waals surface area contributed by atoms with Crippen LogP contribution in [0.25, 0.3) is 0 Å². The zero-order valence-corrected chi connectivity index (χ0v) is 12.4. The predicted octanol–water partition coefficient (Wildman–Crippen LogP) is 5.03. The molecule has 1 nitrogen and oxygen atoms in total. The molecular formula is C16H33N. The molecule has 2 N–H and O–H groups in total. The minimum Gasteiger partial charge on any atom is -0.325 e. The first-order chi connectivity index (χ1) is 7.97. The van der Waals surface area contributed by atoms with E-state index in [2.05, 4.69) is 20.8 Å². The van der Waals surface area contributed by atoms with E-state index < -0.39 is 0 Å². The Morgan fingerprint density at radius 2 is 1.59 bits per heavy atom. The van der Waals surface area contributed by atoms with Gasteiger partial charge in [-0.05, 0) is 37.5 Å². The summed E-state index contributed by atoms with van der Waals surface area (Å²) in [7, 11) is 0. The fourth-order valence-electron chi connectivity index (χ4n) is 3.09. The Hall–Kier alpha value is -0.0400. The summed E-state index contributed by atoms with van der Waals surface area (Å²) in [5.41, 5.74) is 7.29. The lowest BCUT2D eigenvalue weighted by molar-refractivity contribution is 0.287. The van der Waals surface area contributed by atoms with Gasteiger partial charge in [-0.1, -0.05) is 59.3 Å². The average molecular weight is 239 g/mol. The average Bonchev–Trinajstić information content (AvgIpc) is 2.39. The Kier molecular flexibility index (Phi) is 5.99. The van der Waals surface area contributed by atoms with Crippen LogP contribution in [0.5, 0.6) is 0 Å². The Balaban J connectivity index is 2.26. The maximum absolute atomic E-state index is 6.59. The molecule has 0 aromatic heterocycles.